The second-order valence-corrected chi connectivity index (χ2v) is 8.24. The van der Waals surface area contributed by atoms with Gasteiger partial charge in [0.25, 0.3) is 0 Å². The number of hydrogen-bond donors (Lipinski definition) is 0. The van der Waals surface area contributed by atoms with E-state index in [1.54, 1.807) is 14.2 Å². The summed E-state index contributed by atoms with van der Waals surface area (Å²) < 4.78 is 10.8. The third kappa shape index (κ3) is 2.78. The van der Waals surface area contributed by atoms with Crippen molar-refractivity contribution >= 4 is 11.5 Å². The van der Waals surface area contributed by atoms with Crippen molar-refractivity contribution in [3.8, 4) is 11.5 Å². The van der Waals surface area contributed by atoms with Crippen LogP contribution in [0.5, 0.6) is 11.5 Å². The Bertz CT molecular complexity index is 643. The number of carbonyl (C=O) groups is 1. The first-order valence-electron chi connectivity index (χ1n) is 8.99. The smallest absolute Gasteiger partial charge is 0.147 e. The predicted molar refractivity (Wildman–Crippen MR) is 99.7 cm³/mol. The highest BCUT2D eigenvalue weighted by Gasteiger charge is 2.63. The third-order valence-corrected chi connectivity index (χ3v) is 5.94. The highest BCUT2D eigenvalue weighted by atomic mass is 16.5. The molecule has 0 radical (unpaired) electrons. The molecule has 1 aliphatic heterocycles. The van der Waals surface area contributed by atoms with Gasteiger partial charge >= 0.3 is 0 Å². The molecule has 1 aromatic rings. The topological polar surface area (TPSA) is 42.0 Å². The van der Waals surface area contributed by atoms with E-state index in [-0.39, 0.29) is 10.8 Å². The Morgan fingerprint density at radius 3 is 2.08 bits per heavy atom. The minimum absolute atomic E-state index is 0.247. The summed E-state index contributed by atoms with van der Waals surface area (Å²) in [5.74, 6) is 2.02. The standard InChI is InChI=1S/C20H30N2O3/c1-19(2)17(20(3,4)18(19)23)22-11-9-21(10-12-22)15-8-7-14(24-5)13-16(15)25-6/h7-8,13,17H,9-12H2,1-6H3. The Morgan fingerprint density at radius 2 is 1.56 bits per heavy atom. The molecule has 1 aromatic carbocycles. The molecule has 0 aromatic heterocycles. The lowest BCUT2D eigenvalue weighted by Crippen LogP contribution is -2.72. The molecule has 0 N–H and O–H groups in total. The number of nitrogens with zero attached hydrogens (tertiary/aromatic N) is 2. The quantitative estimate of drug-likeness (QED) is 0.839. The summed E-state index contributed by atoms with van der Waals surface area (Å²) in [6.45, 7) is 12.1. The summed E-state index contributed by atoms with van der Waals surface area (Å²) in [4.78, 5) is 17.3. The Labute approximate surface area is 150 Å². The molecule has 25 heavy (non-hydrogen) atoms. The second-order valence-electron chi connectivity index (χ2n) is 8.24. The Balaban J connectivity index is 1.72. The van der Waals surface area contributed by atoms with Crippen molar-refractivity contribution in [2.24, 2.45) is 10.8 Å². The number of carbonyl (C=O) groups excluding carboxylic acids is 1. The molecule has 0 spiro atoms. The maximum atomic E-state index is 12.4. The van der Waals surface area contributed by atoms with Crippen LogP contribution in [0.1, 0.15) is 27.7 Å². The zero-order valence-electron chi connectivity index (χ0n) is 16.3. The fourth-order valence-corrected chi connectivity index (χ4v) is 5.08. The Morgan fingerprint density at radius 1 is 0.960 bits per heavy atom. The van der Waals surface area contributed by atoms with Crippen molar-refractivity contribution in [2.45, 2.75) is 33.7 Å². The zero-order chi connectivity index (χ0) is 18.4. The lowest BCUT2D eigenvalue weighted by atomic mass is 9.50. The summed E-state index contributed by atoms with van der Waals surface area (Å²) in [7, 11) is 3.36. The molecule has 1 saturated carbocycles. The minimum atomic E-state index is -0.247. The number of benzene rings is 1. The van der Waals surface area contributed by atoms with E-state index < -0.39 is 0 Å². The second kappa shape index (κ2) is 6.20. The van der Waals surface area contributed by atoms with E-state index in [1.165, 1.54) is 0 Å². The highest BCUT2D eigenvalue weighted by molar-refractivity contribution is 5.97. The van der Waals surface area contributed by atoms with E-state index in [2.05, 4.69) is 43.6 Å². The number of hydrogen-bond acceptors (Lipinski definition) is 5. The third-order valence-electron chi connectivity index (χ3n) is 5.94. The molecule has 1 heterocycles. The molecule has 1 aliphatic carbocycles. The van der Waals surface area contributed by atoms with E-state index in [4.69, 9.17) is 9.47 Å². The van der Waals surface area contributed by atoms with Crippen LogP contribution in [-0.4, -0.2) is 57.1 Å². The summed E-state index contributed by atoms with van der Waals surface area (Å²) in [5.41, 5.74) is 0.610. The van der Waals surface area contributed by atoms with Crippen LogP contribution in [0.3, 0.4) is 0 Å². The van der Waals surface area contributed by atoms with Gasteiger partial charge in [-0.15, -0.1) is 0 Å². The molecule has 0 unspecified atom stereocenters. The van der Waals surface area contributed by atoms with E-state index in [1.807, 2.05) is 12.1 Å². The van der Waals surface area contributed by atoms with Gasteiger partial charge in [0.05, 0.1) is 19.9 Å². The fraction of sp³-hybridized carbons (Fsp3) is 0.650. The molecule has 1 saturated heterocycles. The van der Waals surface area contributed by atoms with E-state index in [0.717, 1.165) is 43.4 Å². The van der Waals surface area contributed by atoms with Crippen molar-refractivity contribution in [2.75, 3.05) is 45.3 Å². The van der Waals surface area contributed by atoms with Gasteiger partial charge in [-0.05, 0) is 12.1 Å². The van der Waals surface area contributed by atoms with Gasteiger partial charge in [-0.2, -0.15) is 0 Å². The highest BCUT2D eigenvalue weighted by Crippen LogP contribution is 2.53. The number of methoxy groups -OCH3 is 2. The van der Waals surface area contributed by atoms with Crippen LogP contribution in [0.2, 0.25) is 0 Å². The van der Waals surface area contributed by atoms with Gasteiger partial charge in [-0.1, -0.05) is 27.7 Å². The van der Waals surface area contributed by atoms with Crippen LogP contribution in [-0.2, 0) is 4.79 Å². The number of rotatable bonds is 4. The van der Waals surface area contributed by atoms with Crippen LogP contribution >= 0.6 is 0 Å². The molecule has 2 fully saturated rings. The molecule has 0 bridgehead atoms. The van der Waals surface area contributed by atoms with Gasteiger partial charge in [0.1, 0.15) is 17.3 Å². The normalized spacial score (nSPS) is 23.3. The molecule has 2 aliphatic rings. The van der Waals surface area contributed by atoms with Crippen LogP contribution < -0.4 is 14.4 Å². The summed E-state index contributed by atoms with van der Waals surface area (Å²) in [6.07, 6.45) is 0. The van der Waals surface area contributed by atoms with Crippen LogP contribution in [0.25, 0.3) is 0 Å². The van der Waals surface area contributed by atoms with Gasteiger partial charge in [-0.25, -0.2) is 0 Å². The summed E-state index contributed by atoms with van der Waals surface area (Å²) in [5, 5.41) is 0. The number of anilines is 1. The average molecular weight is 346 g/mol. The van der Waals surface area contributed by atoms with Crippen LogP contribution in [0.15, 0.2) is 18.2 Å². The molecular formula is C20H30N2O3. The molecule has 5 nitrogen and oxygen atoms in total. The van der Waals surface area contributed by atoms with Crippen molar-refractivity contribution in [3.05, 3.63) is 18.2 Å². The predicted octanol–water partition coefficient (Wildman–Crippen LogP) is 2.83. The molecule has 3 rings (SSSR count). The first kappa shape index (κ1) is 18.1. The van der Waals surface area contributed by atoms with Crippen molar-refractivity contribution in [1.29, 1.82) is 0 Å². The molecule has 5 heteroatoms. The minimum Gasteiger partial charge on any atom is -0.497 e. The van der Waals surface area contributed by atoms with Gasteiger partial charge in [0.15, 0.2) is 0 Å². The van der Waals surface area contributed by atoms with Crippen LogP contribution in [0, 0.1) is 10.8 Å². The Kier molecular flexibility index (Phi) is 4.48. The van der Waals surface area contributed by atoms with Crippen molar-refractivity contribution < 1.29 is 14.3 Å². The maximum absolute atomic E-state index is 12.4. The fourth-order valence-electron chi connectivity index (χ4n) is 5.08. The largest absolute Gasteiger partial charge is 0.497 e. The lowest BCUT2D eigenvalue weighted by Gasteiger charge is -2.60. The maximum Gasteiger partial charge on any atom is 0.147 e. The van der Waals surface area contributed by atoms with Gasteiger partial charge < -0.3 is 14.4 Å². The van der Waals surface area contributed by atoms with Crippen molar-refractivity contribution in [1.82, 2.24) is 4.90 Å². The van der Waals surface area contributed by atoms with E-state index >= 15 is 0 Å². The van der Waals surface area contributed by atoms with Gasteiger partial charge in [-0.3, -0.25) is 9.69 Å². The SMILES string of the molecule is COc1ccc(N2CCN(C3C(C)(C)C(=O)C3(C)C)CC2)c(OC)c1. The number of ether oxygens (including phenoxy) is 2. The van der Waals surface area contributed by atoms with Gasteiger partial charge in [0.2, 0.25) is 0 Å². The lowest BCUT2D eigenvalue weighted by molar-refractivity contribution is -0.170. The molecule has 138 valence electrons. The molecule has 0 amide bonds. The number of ketones is 1. The van der Waals surface area contributed by atoms with Crippen LogP contribution in [0.4, 0.5) is 5.69 Å². The van der Waals surface area contributed by atoms with E-state index in [0.29, 0.717) is 11.8 Å². The van der Waals surface area contributed by atoms with E-state index in [9.17, 15) is 4.79 Å². The van der Waals surface area contributed by atoms with Crippen molar-refractivity contribution in [3.63, 3.8) is 0 Å². The molecular weight excluding hydrogens is 316 g/mol. The summed E-state index contributed by atoms with van der Waals surface area (Å²) >= 11 is 0. The van der Waals surface area contributed by atoms with Gasteiger partial charge in [0, 0.05) is 49.1 Å². The zero-order valence-corrected chi connectivity index (χ0v) is 16.3. The monoisotopic (exact) mass is 346 g/mol. The Hall–Kier alpha value is -1.75. The first-order chi connectivity index (χ1) is 11.7. The summed E-state index contributed by atoms with van der Waals surface area (Å²) in [6, 6.07) is 6.28. The molecule has 0 atom stereocenters. The number of piperazine rings is 1. The first-order valence-corrected chi connectivity index (χ1v) is 8.99. The number of Topliss-reactive ketones (excluding diaryl/α,β-unsaturated/α-hetero) is 1. The average Bonchev–Trinajstić information content (AvgIpc) is 2.60.